The molecule has 1 saturated heterocycles. The van der Waals surface area contributed by atoms with Gasteiger partial charge in [-0.05, 0) is 12.1 Å². The number of ether oxygens (including phenoxy) is 2. The van der Waals surface area contributed by atoms with E-state index in [0.29, 0.717) is 0 Å². The zero-order chi connectivity index (χ0) is 22.4. The number of fused-ring (bicyclic) bond motifs is 6. The van der Waals surface area contributed by atoms with E-state index in [2.05, 4.69) is 0 Å². The molecule has 2 unspecified atom stereocenters. The first-order chi connectivity index (χ1) is 14.6. The highest BCUT2D eigenvalue weighted by Crippen LogP contribution is 2.63. The van der Waals surface area contributed by atoms with Gasteiger partial charge < -0.3 is 19.7 Å². The van der Waals surface area contributed by atoms with Crippen LogP contribution in [0, 0.1) is 5.92 Å². The van der Waals surface area contributed by atoms with Gasteiger partial charge in [-0.2, -0.15) is 0 Å². The molecule has 5 rings (SSSR count). The van der Waals surface area contributed by atoms with E-state index in [9.17, 15) is 28.2 Å². The number of phenols is 2. The minimum absolute atomic E-state index is 0.187. The highest BCUT2D eigenvalue weighted by molar-refractivity contribution is 6.32. The van der Waals surface area contributed by atoms with Gasteiger partial charge in [-0.25, -0.2) is 17.6 Å². The summed E-state index contributed by atoms with van der Waals surface area (Å²) in [4.78, 5) is 12.6. The summed E-state index contributed by atoms with van der Waals surface area (Å²) in [6.45, 7) is 0. The zero-order valence-corrected chi connectivity index (χ0v) is 16.4. The Kier molecular flexibility index (Phi) is 4.07. The van der Waals surface area contributed by atoms with E-state index in [0.717, 1.165) is 24.3 Å². The third-order valence-corrected chi connectivity index (χ3v) is 6.05. The first-order valence-corrected chi connectivity index (χ1v) is 9.40. The second kappa shape index (κ2) is 6.30. The van der Waals surface area contributed by atoms with Crippen molar-refractivity contribution in [2.24, 2.45) is 5.92 Å². The average Bonchev–Trinajstić information content (AvgIpc) is 3.02. The molecule has 11 heteroatoms. The van der Waals surface area contributed by atoms with Crippen molar-refractivity contribution in [1.82, 2.24) is 0 Å². The van der Waals surface area contributed by atoms with Crippen LogP contribution >= 0.6 is 23.2 Å². The molecule has 0 saturated carbocycles. The van der Waals surface area contributed by atoms with Crippen LogP contribution in [0.3, 0.4) is 0 Å². The van der Waals surface area contributed by atoms with Gasteiger partial charge in [0.25, 0.3) is 0 Å². The van der Waals surface area contributed by atoms with Crippen molar-refractivity contribution in [2.45, 2.75) is 11.8 Å². The molecular formula is C20H8Cl2F4O5. The van der Waals surface area contributed by atoms with Crippen LogP contribution in [-0.4, -0.2) is 22.4 Å². The van der Waals surface area contributed by atoms with E-state index >= 15 is 4.39 Å². The van der Waals surface area contributed by atoms with Gasteiger partial charge in [-0.3, -0.25) is 4.79 Å². The molecule has 0 bridgehead atoms. The first kappa shape index (κ1) is 20.0. The van der Waals surface area contributed by atoms with Crippen molar-refractivity contribution in [3.05, 3.63) is 68.5 Å². The number of allylic oxidation sites excluding steroid dienone is 3. The molecule has 2 atom stereocenters. The van der Waals surface area contributed by atoms with E-state index in [1.807, 2.05) is 0 Å². The van der Waals surface area contributed by atoms with E-state index in [1.165, 1.54) is 0 Å². The van der Waals surface area contributed by atoms with Gasteiger partial charge in [0.05, 0.1) is 10.0 Å². The van der Waals surface area contributed by atoms with Crippen LogP contribution in [0.5, 0.6) is 23.0 Å². The number of halogens is 6. The summed E-state index contributed by atoms with van der Waals surface area (Å²) in [6, 6.07) is 4.14. The van der Waals surface area contributed by atoms with Crippen molar-refractivity contribution in [3.8, 4) is 23.0 Å². The Balaban J connectivity index is 1.95. The van der Waals surface area contributed by atoms with Crippen LogP contribution in [-0.2, 0) is 15.1 Å². The van der Waals surface area contributed by atoms with Gasteiger partial charge in [0.2, 0.25) is 0 Å². The number of rotatable bonds is 0. The van der Waals surface area contributed by atoms with Crippen LogP contribution in [0.2, 0.25) is 10.0 Å². The minimum Gasteiger partial charge on any atom is -0.506 e. The normalized spacial score (nSPS) is 23.4. The third kappa shape index (κ3) is 2.41. The molecule has 31 heavy (non-hydrogen) atoms. The minimum atomic E-state index is -2.84. The Labute approximate surface area is 180 Å². The highest BCUT2D eigenvalue weighted by Gasteiger charge is 2.64. The number of aromatic hydroxyl groups is 2. The molecule has 160 valence electrons. The van der Waals surface area contributed by atoms with E-state index < -0.39 is 58.2 Å². The van der Waals surface area contributed by atoms with E-state index in [-0.39, 0.29) is 32.7 Å². The number of carbonyl (C=O) groups excluding carboxylic acids is 1. The first-order valence-electron chi connectivity index (χ1n) is 8.64. The SMILES string of the molecule is O=C1OC2(C3=C(F)C(F)=C(F)C(F)C13)c1cc(Cl)c(O)cc1Oc1cc(O)c(Cl)cc12. The lowest BCUT2D eigenvalue weighted by Gasteiger charge is -2.38. The van der Waals surface area contributed by atoms with Gasteiger partial charge in [0, 0.05) is 28.8 Å². The van der Waals surface area contributed by atoms with Gasteiger partial charge in [-0.15, -0.1) is 0 Å². The van der Waals surface area contributed by atoms with Crippen molar-refractivity contribution >= 4 is 29.2 Å². The Morgan fingerprint density at radius 2 is 1.42 bits per heavy atom. The largest absolute Gasteiger partial charge is 0.506 e. The van der Waals surface area contributed by atoms with Crippen molar-refractivity contribution in [3.63, 3.8) is 0 Å². The molecule has 5 nitrogen and oxygen atoms in total. The molecule has 2 N–H and O–H groups in total. The number of phenolic OH excluding ortho intramolecular Hbond substituents is 2. The number of carbonyl (C=O) groups is 1. The fraction of sp³-hybridized carbons (Fsp3) is 0.150. The number of hydrogen-bond donors (Lipinski definition) is 2. The van der Waals surface area contributed by atoms with Crippen molar-refractivity contribution in [1.29, 1.82) is 0 Å². The highest BCUT2D eigenvalue weighted by atomic mass is 35.5. The maximum absolute atomic E-state index is 15.1. The molecule has 2 aliphatic heterocycles. The average molecular weight is 475 g/mol. The van der Waals surface area contributed by atoms with Crippen LogP contribution < -0.4 is 4.74 Å². The molecule has 0 aromatic heterocycles. The van der Waals surface area contributed by atoms with Crippen LogP contribution in [0.1, 0.15) is 11.1 Å². The van der Waals surface area contributed by atoms with E-state index in [1.54, 1.807) is 0 Å². The number of alkyl halides is 1. The standard InChI is InChI=1S/C20H8Cl2F4O5/c21-7-1-5-11(3-9(7)27)30-12-4-10(28)8(22)2-6(12)20(5)14-13(19(29)31-20)15(23)17(25)18(26)16(14)24/h1-4,13,15,27-28H. The maximum atomic E-state index is 15.1. The van der Waals surface area contributed by atoms with Crippen LogP contribution in [0.4, 0.5) is 17.6 Å². The van der Waals surface area contributed by atoms with E-state index in [4.69, 9.17) is 32.7 Å². The lowest BCUT2D eigenvalue weighted by atomic mass is 9.72. The smallest absolute Gasteiger partial charge is 0.318 e. The fourth-order valence-electron chi connectivity index (χ4n) is 4.12. The van der Waals surface area contributed by atoms with Crippen LogP contribution in [0.25, 0.3) is 0 Å². The van der Waals surface area contributed by atoms with Gasteiger partial charge in [0.1, 0.15) is 28.9 Å². The second-order valence-corrected chi connectivity index (χ2v) is 7.89. The Morgan fingerprint density at radius 3 is 1.94 bits per heavy atom. The Bertz CT molecular complexity index is 1220. The predicted molar refractivity (Wildman–Crippen MR) is 98.9 cm³/mol. The summed E-state index contributed by atoms with van der Waals surface area (Å²) in [5.41, 5.74) is -3.58. The summed E-state index contributed by atoms with van der Waals surface area (Å²) in [6.07, 6.45) is -2.84. The quantitative estimate of drug-likeness (QED) is 0.381. The fourth-order valence-corrected chi connectivity index (χ4v) is 4.45. The molecule has 1 aliphatic carbocycles. The van der Waals surface area contributed by atoms with Crippen molar-refractivity contribution in [2.75, 3.05) is 0 Å². The molecule has 1 fully saturated rings. The Hall–Kier alpha value is -2.91. The lowest BCUT2D eigenvalue weighted by Crippen LogP contribution is -2.36. The van der Waals surface area contributed by atoms with Gasteiger partial charge >= 0.3 is 5.97 Å². The van der Waals surface area contributed by atoms with Gasteiger partial charge in [-0.1, -0.05) is 23.2 Å². The Morgan fingerprint density at radius 1 is 0.903 bits per heavy atom. The van der Waals surface area contributed by atoms with Gasteiger partial charge in [0.15, 0.2) is 29.3 Å². The molecule has 0 radical (unpaired) electrons. The topological polar surface area (TPSA) is 76.0 Å². The number of esters is 1. The summed E-state index contributed by atoms with van der Waals surface area (Å²) in [5, 5.41) is 19.4. The summed E-state index contributed by atoms with van der Waals surface area (Å²) >= 11 is 12.0. The molecular weight excluding hydrogens is 467 g/mol. The molecule has 0 amide bonds. The summed E-state index contributed by atoms with van der Waals surface area (Å²) in [5.74, 6) is -10.9. The number of benzene rings is 2. The molecule has 3 aliphatic rings. The monoisotopic (exact) mass is 474 g/mol. The zero-order valence-electron chi connectivity index (χ0n) is 14.9. The second-order valence-electron chi connectivity index (χ2n) is 7.07. The lowest BCUT2D eigenvalue weighted by molar-refractivity contribution is -0.149. The molecule has 2 aromatic rings. The van der Waals surface area contributed by atoms with Crippen LogP contribution in [0.15, 0.2) is 47.3 Å². The predicted octanol–water partition coefficient (Wildman–Crippen LogP) is 5.65. The molecule has 2 aromatic carbocycles. The molecule has 1 spiro atoms. The molecule has 2 heterocycles. The number of hydrogen-bond acceptors (Lipinski definition) is 5. The maximum Gasteiger partial charge on any atom is 0.318 e. The summed E-state index contributed by atoms with van der Waals surface area (Å²) in [7, 11) is 0. The van der Waals surface area contributed by atoms with Crippen molar-refractivity contribution < 1.29 is 42.0 Å². The summed E-state index contributed by atoms with van der Waals surface area (Å²) < 4.78 is 69.0. The third-order valence-electron chi connectivity index (χ3n) is 5.45.